The molecule has 0 atom stereocenters. The number of hydrogen-bond donors (Lipinski definition) is 0. The fraction of sp³-hybridized carbons (Fsp3) is 0. The summed E-state index contributed by atoms with van der Waals surface area (Å²) in [7, 11) is 0. The number of hydrogen-bond acceptors (Lipinski definition) is 0. The summed E-state index contributed by atoms with van der Waals surface area (Å²) in [6, 6.07) is 59.9. The average Bonchev–Trinajstić information content (AvgIpc) is 3.18. The van der Waals surface area contributed by atoms with Gasteiger partial charge in [-0.15, -0.1) is 0 Å². The van der Waals surface area contributed by atoms with E-state index in [0.29, 0.717) is 0 Å². The summed E-state index contributed by atoms with van der Waals surface area (Å²) in [6.45, 7) is 8.61. The van der Waals surface area contributed by atoms with Gasteiger partial charge in [0.25, 0.3) is 0 Å². The topological polar surface area (TPSA) is 0 Å². The molecule has 0 aliphatic carbocycles. The van der Waals surface area contributed by atoms with Gasteiger partial charge in [0.15, 0.2) is 0 Å². The molecule has 0 aliphatic heterocycles. The van der Waals surface area contributed by atoms with Crippen molar-refractivity contribution in [2.75, 3.05) is 0 Å². The maximum absolute atomic E-state index is 4.65. The molecule has 9 rings (SSSR count). The van der Waals surface area contributed by atoms with E-state index < -0.39 is 0 Å². The highest BCUT2D eigenvalue weighted by atomic mass is 14.2. The van der Waals surface area contributed by atoms with E-state index in [1.54, 1.807) is 0 Å². The van der Waals surface area contributed by atoms with Crippen LogP contribution in [-0.4, -0.2) is 0 Å². The van der Waals surface area contributed by atoms with Gasteiger partial charge in [-0.3, -0.25) is 0 Å². The van der Waals surface area contributed by atoms with Crippen molar-refractivity contribution >= 4 is 59.4 Å². The number of allylic oxidation sites excluding steroid dienone is 4. The molecule has 0 nitrogen and oxygen atoms in total. The molecule has 0 amide bonds. The Balaban J connectivity index is 1.44. The Kier molecular flexibility index (Phi) is 7.22. The third kappa shape index (κ3) is 4.85. The molecule has 0 bridgehead atoms. The fourth-order valence-electron chi connectivity index (χ4n) is 7.86. The third-order valence-electron chi connectivity index (χ3n) is 10.1. The van der Waals surface area contributed by atoms with E-state index in [2.05, 4.69) is 183 Å². The van der Waals surface area contributed by atoms with Crippen LogP contribution >= 0.6 is 0 Å². The minimum Gasteiger partial charge on any atom is -0.0991 e. The largest absolute Gasteiger partial charge is 0.0991 e. The molecular weight excluding hydrogens is 601 g/mol. The van der Waals surface area contributed by atoms with Gasteiger partial charge >= 0.3 is 0 Å². The Morgan fingerprint density at radius 3 is 1.42 bits per heavy atom. The van der Waals surface area contributed by atoms with Gasteiger partial charge in [0.1, 0.15) is 0 Å². The van der Waals surface area contributed by atoms with E-state index in [9.17, 15) is 0 Å². The lowest BCUT2D eigenvalue weighted by atomic mass is 9.82. The molecule has 50 heavy (non-hydrogen) atoms. The van der Waals surface area contributed by atoms with Gasteiger partial charge in [0.2, 0.25) is 0 Å². The van der Waals surface area contributed by atoms with Crippen LogP contribution in [0, 0.1) is 0 Å². The molecule has 234 valence electrons. The summed E-state index contributed by atoms with van der Waals surface area (Å²) in [5.41, 5.74) is 9.40. The van der Waals surface area contributed by atoms with E-state index in [1.807, 2.05) is 12.2 Å². The summed E-state index contributed by atoms with van der Waals surface area (Å²) in [5.74, 6) is 0. The first-order valence-electron chi connectivity index (χ1n) is 17.2. The monoisotopic (exact) mass is 634 g/mol. The van der Waals surface area contributed by atoms with E-state index in [0.717, 1.165) is 11.1 Å². The molecule has 0 fully saturated rings. The van der Waals surface area contributed by atoms with E-state index in [1.165, 1.54) is 87.2 Å². The molecule has 0 spiro atoms. The van der Waals surface area contributed by atoms with Gasteiger partial charge < -0.3 is 0 Å². The van der Waals surface area contributed by atoms with E-state index >= 15 is 0 Å². The Labute approximate surface area is 292 Å². The van der Waals surface area contributed by atoms with Crippen molar-refractivity contribution in [3.8, 4) is 33.4 Å². The van der Waals surface area contributed by atoms with Crippen LogP contribution in [-0.2, 0) is 0 Å². The molecule has 0 N–H and O–H groups in total. The summed E-state index contributed by atoms with van der Waals surface area (Å²) in [6.07, 6.45) is 5.89. The maximum atomic E-state index is 4.65. The predicted octanol–water partition coefficient (Wildman–Crippen LogP) is 14.2. The van der Waals surface area contributed by atoms with Crippen LogP contribution < -0.4 is 0 Å². The van der Waals surface area contributed by atoms with Crippen LogP contribution in [0.5, 0.6) is 0 Å². The van der Waals surface area contributed by atoms with Crippen LogP contribution in [0.25, 0.3) is 92.8 Å². The lowest BCUT2D eigenvalue weighted by molar-refractivity contribution is 1.65. The Hall–Kier alpha value is -6.50. The first-order valence-corrected chi connectivity index (χ1v) is 17.2. The van der Waals surface area contributed by atoms with Gasteiger partial charge in [0, 0.05) is 0 Å². The summed E-state index contributed by atoms with van der Waals surface area (Å²) in [5, 5.41) is 12.2. The van der Waals surface area contributed by atoms with Crippen molar-refractivity contribution < 1.29 is 0 Å². The van der Waals surface area contributed by atoms with Crippen molar-refractivity contribution in [1.29, 1.82) is 0 Å². The first-order chi connectivity index (χ1) is 24.7. The Morgan fingerprint density at radius 1 is 0.400 bits per heavy atom. The Morgan fingerprint density at radius 2 is 0.860 bits per heavy atom. The number of rotatable bonds is 6. The van der Waals surface area contributed by atoms with Crippen molar-refractivity contribution in [3.63, 3.8) is 0 Å². The highest BCUT2D eigenvalue weighted by molar-refractivity contribution is 6.23. The van der Waals surface area contributed by atoms with Crippen molar-refractivity contribution in [2.45, 2.75) is 0 Å². The maximum Gasteiger partial charge on any atom is -0.00199 e. The highest BCUT2D eigenvalue weighted by Gasteiger charge is 2.20. The second kappa shape index (κ2) is 12.2. The van der Waals surface area contributed by atoms with Gasteiger partial charge in [-0.25, -0.2) is 0 Å². The zero-order valence-corrected chi connectivity index (χ0v) is 27.7. The number of fused-ring (bicyclic) bond motifs is 5. The van der Waals surface area contributed by atoms with Crippen LogP contribution in [0.2, 0.25) is 0 Å². The van der Waals surface area contributed by atoms with Crippen molar-refractivity contribution in [1.82, 2.24) is 0 Å². The predicted molar refractivity (Wildman–Crippen MR) is 219 cm³/mol. The minimum absolute atomic E-state index is 0.956. The lowest BCUT2D eigenvalue weighted by Crippen LogP contribution is -1.95. The van der Waals surface area contributed by atoms with Crippen molar-refractivity contribution in [3.05, 3.63) is 201 Å². The van der Waals surface area contributed by atoms with Crippen LogP contribution in [0.15, 0.2) is 195 Å². The smallest absolute Gasteiger partial charge is 0.00199 e. The van der Waals surface area contributed by atoms with Crippen molar-refractivity contribution in [2.24, 2.45) is 0 Å². The zero-order chi connectivity index (χ0) is 33.6. The second-order valence-electron chi connectivity index (χ2n) is 13.0. The minimum atomic E-state index is 0.956. The summed E-state index contributed by atoms with van der Waals surface area (Å²) >= 11 is 0. The lowest BCUT2D eigenvalue weighted by Gasteiger charge is -2.21. The average molecular weight is 635 g/mol. The molecule has 0 saturated carbocycles. The molecule has 0 radical (unpaired) electrons. The normalized spacial score (nSPS) is 11.7. The third-order valence-corrected chi connectivity index (χ3v) is 10.1. The Bertz CT molecular complexity index is 2830. The van der Waals surface area contributed by atoms with Gasteiger partial charge in [-0.1, -0.05) is 183 Å². The molecule has 0 unspecified atom stereocenters. The molecule has 9 aromatic rings. The van der Waals surface area contributed by atoms with E-state index in [4.69, 9.17) is 0 Å². The molecule has 0 aliphatic rings. The van der Waals surface area contributed by atoms with Gasteiger partial charge in [0.05, 0.1) is 0 Å². The standard InChI is InChI=1S/C50H34/c1-3-4-14-33(2)49-45-29-27-38(43-25-12-19-35-16-6-9-22-40(35)43)32-48(45)50(44-26-13-20-36-17-7-10-23-41(36)44)46-30-28-37(31-47(46)49)42-24-11-18-34-15-5-8-21-39(34)42/h3-32H,1-2H2. The van der Waals surface area contributed by atoms with Gasteiger partial charge in [-0.2, -0.15) is 0 Å². The van der Waals surface area contributed by atoms with Crippen LogP contribution in [0.3, 0.4) is 0 Å². The second-order valence-corrected chi connectivity index (χ2v) is 13.0. The molecular formula is C50H34. The molecule has 0 heterocycles. The summed E-state index contributed by atoms with van der Waals surface area (Å²) in [4.78, 5) is 0. The molecule has 0 heteroatoms. The summed E-state index contributed by atoms with van der Waals surface area (Å²) < 4.78 is 0. The zero-order valence-electron chi connectivity index (χ0n) is 27.7. The molecule has 9 aromatic carbocycles. The highest BCUT2D eigenvalue weighted by Crippen LogP contribution is 2.46. The van der Waals surface area contributed by atoms with Gasteiger partial charge in [-0.05, 0) is 111 Å². The molecule has 0 saturated heterocycles. The quantitative estimate of drug-likeness (QED) is 0.126. The first kappa shape index (κ1) is 29.6. The SMILES string of the molecule is C=CC=CC(=C)c1c2cc(-c3cccc4ccccc34)ccc2c(-c2cccc3ccccc23)c2cc(-c3cccc4ccccc34)ccc12. The number of benzene rings is 9. The van der Waals surface area contributed by atoms with Crippen LogP contribution in [0.4, 0.5) is 0 Å². The van der Waals surface area contributed by atoms with E-state index in [-0.39, 0.29) is 0 Å². The fourth-order valence-corrected chi connectivity index (χ4v) is 7.86. The van der Waals surface area contributed by atoms with Crippen LogP contribution in [0.1, 0.15) is 5.56 Å². The molecule has 0 aromatic heterocycles.